The van der Waals surface area contributed by atoms with Crippen LogP contribution in [0, 0.1) is 0 Å². The summed E-state index contributed by atoms with van der Waals surface area (Å²) in [5, 5.41) is 5.67. The molecule has 27 heavy (non-hydrogen) atoms. The molecule has 0 unspecified atom stereocenters. The minimum Gasteiger partial charge on any atom is -0.366 e. The predicted molar refractivity (Wildman–Crippen MR) is 103 cm³/mol. The SMILES string of the molecule is CCCNC(=O)c1ccc2c(n1)N(C(=O)Nc1ccccn1)[C@H]1CCN2C1. The van der Waals surface area contributed by atoms with Gasteiger partial charge in [0.15, 0.2) is 5.82 Å². The molecule has 2 bridgehead atoms. The molecular formula is C19H22N6O2. The van der Waals surface area contributed by atoms with E-state index in [2.05, 4.69) is 25.5 Å². The predicted octanol–water partition coefficient (Wildman–Crippen LogP) is 2.25. The Morgan fingerprint density at radius 2 is 2.15 bits per heavy atom. The molecule has 140 valence electrons. The van der Waals surface area contributed by atoms with Crippen LogP contribution < -0.4 is 20.4 Å². The Hall–Kier alpha value is -3.16. The van der Waals surface area contributed by atoms with Gasteiger partial charge in [0.2, 0.25) is 0 Å². The molecule has 2 aliphatic rings. The summed E-state index contributed by atoms with van der Waals surface area (Å²) >= 11 is 0. The summed E-state index contributed by atoms with van der Waals surface area (Å²) in [7, 11) is 0. The quantitative estimate of drug-likeness (QED) is 0.866. The average Bonchev–Trinajstić information content (AvgIpc) is 3.11. The van der Waals surface area contributed by atoms with Crippen LogP contribution in [-0.2, 0) is 0 Å². The van der Waals surface area contributed by atoms with Crippen molar-refractivity contribution in [1.29, 1.82) is 0 Å². The highest BCUT2D eigenvalue weighted by molar-refractivity contribution is 6.05. The van der Waals surface area contributed by atoms with Gasteiger partial charge < -0.3 is 10.2 Å². The number of carbonyl (C=O) groups is 2. The summed E-state index contributed by atoms with van der Waals surface area (Å²) in [6.07, 6.45) is 3.35. The van der Waals surface area contributed by atoms with E-state index in [1.165, 1.54) is 0 Å². The minimum absolute atomic E-state index is 0.0302. The molecule has 8 heteroatoms. The van der Waals surface area contributed by atoms with E-state index in [0.29, 0.717) is 23.9 Å². The Balaban J connectivity index is 1.65. The zero-order valence-corrected chi connectivity index (χ0v) is 15.2. The fraction of sp³-hybridized carbons (Fsp3) is 0.368. The van der Waals surface area contributed by atoms with Crippen molar-refractivity contribution in [1.82, 2.24) is 15.3 Å². The third-order valence-corrected chi connectivity index (χ3v) is 4.84. The zero-order chi connectivity index (χ0) is 18.8. The van der Waals surface area contributed by atoms with Crippen molar-refractivity contribution < 1.29 is 9.59 Å². The lowest BCUT2D eigenvalue weighted by Crippen LogP contribution is -2.48. The molecule has 0 aromatic carbocycles. The molecule has 0 aliphatic carbocycles. The van der Waals surface area contributed by atoms with Crippen molar-refractivity contribution in [3.8, 4) is 0 Å². The maximum Gasteiger partial charge on any atom is 0.329 e. The number of anilines is 3. The topological polar surface area (TPSA) is 90.5 Å². The van der Waals surface area contributed by atoms with Gasteiger partial charge >= 0.3 is 6.03 Å². The number of nitrogens with one attached hydrogen (secondary N) is 2. The normalized spacial score (nSPS) is 17.4. The molecule has 4 heterocycles. The van der Waals surface area contributed by atoms with E-state index in [-0.39, 0.29) is 18.0 Å². The number of urea groups is 1. The van der Waals surface area contributed by atoms with Gasteiger partial charge in [-0.05, 0) is 37.1 Å². The van der Waals surface area contributed by atoms with Gasteiger partial charge in [-0.15, -0.1) is 0 Å². The van der Waals surface area contributed by atoms with Gasteiger partial charge in [-0.1, -0.05) is 13.0 Å². The van der Waals surface area contributed by atoms with Crippen LogP contribution in [0.3, 0.4) is 0 Å². The summed E-state index contributed by atoms with van der Waals surface area (Å²) in [5.74, 6) is 0.792. The standard InChI is InChI=1S/C19H22N6O2/c1-2-9-21-18(26)14-6-7-15-17(22-14)25(13-8-11-24(15)12-13)19(27)23-16-5-3-4-10-20-16/h3-7,10,13H,2,8-9,11-12H2,1H3,(H,21,26)(H,20,23,27)/t13-/m0/s1. The van der Waals surface area contributed by atoms with Crippen LogP contribution in [0.1, 0.15) is 30.3 Å². The molecule has 2 aromatic rings. The van der Waals surface area contributed by atoms with Gasteiger partial charge in [-0.25, -0.2) is 14.8 Å². The molecule has 2 N–H and O–H groups in total. The van der Waals surface area contributed by atoms with E-state index in [0.717, 1.165) is 31.6 Å². The lowest BCUT2D eigenvalue weighted by Gasteiger charge is -2.35. The maximum absolute atomic E-state index is 13.0. The molecule has 0 radical (unpaired) electrons. The van der Waals surface area contributed by atoms with Gasteiger partial charge in [-0.2, -0.15) is 0 Å². The van der Waals surface area contributed by atoms with Gasteiger partial charge in [0.25, 0.3) is 5.91 Å². The molecule has 1 fully saturated rings. The lowest BCUT2D eigenvalue weighted by atomic mass is 10.1. The maximum atomic E-state index is 13.0. The van der Waals surface area contributed by atoms with Gasteiger partial charge in [0.05, 0.1) is 11.7 Å². The Morgan fingerprint density at radius 1 is 1.26 bits per heavy atom. The van der Waals surface area contributed by atoms with Gasteiger partial charge in [-0.3, -0.25) is 15.0 Å². The largest absolute Gasteiger partial charge is 0.366 e. The number of hydrogen-bond acceptors (Lipinski definition) is 5. The monoisotopic (exact) mass is 366 g/mol. The molecule has 8 nitrogen and oxygen atoms in total. The highest BCUT2D eigenvalue weighted by atomic mass is 16.2. The summed E-state index contributed by atoms with van der Waals surface area (Å²) in [6, 6.07) is 8.71. The van der Waals surface area contributed by atoms with E-state index < -0.39 is 0 Å². The summed E-state index contributed by atoms with van der Waals surface area (Å²) in [5.41, 5.74) is 1.20. The first-order valence-electron chi connectivity index (χ1n) is 9.23. The molecule has 1 saturated heterocycles. The van der Waals surface area contributed by atoms with Crippen LogP contribution in [0.4, 0.5) is 22.1 Å². The van der Waals surface area contributed by atoms with Crippen LogP contribution >= 0.6 is 0 Å². The number of carbonyl (C=O) groups excluding carboxylic acids is 2. The third kappa shape index (κ3) is 3.30. The summed E-state index contributed by atoms with van der Waals surface area (Å²) < 4.78 is 0. The number of pyridine rings is 2. The smallest absolute Gasteiger partial charge is 0.329 e. The van der Waals surface area contributed by atoms with E-state index in [1.54, 1.807) is 29.3 Å². The van der Waals surface area contributed by atoms with E-state index in [4.69, 9.17) is 0 Å². The fourth-order valence-corrected chi connectivity index (χ4v) is 3.53. The van der Waals surface area contributed by atoms with Gasteiger partial charge in [0.1, 0.15) is 11.5 Å². The van der Waals surface area contributed by atoms with Crippen LogP contribution in [0.25, 0.3) is 0 Å². The van der Waals surface area contributed by atoms with Crippen LogP contribution in [0.2, 0.25) is 0 Å². The van der Waals surface area contributed by atoms with E-state index in [1.807, 2.05) is 19.1 Å². The Labute approximate surface area is 157 Å². The first kappa shape index (κ1) is 17.3. The Morgan fingerprint density at radius 3 is 2.93 bits per heavy atom. The Kier molecular flexibility index (Phi) is 4.62. The third-order valence-electron chi connectivity index (χ3n) is 4.84. The van der Waals surface area contributed by atoms with Crippen molar-refractivity contribution in [3.63, 3.8) is 0 Å². The molecule has 1 atom stereocenters. The number of fused-ring (bicyclic) bond motifs is 4. The molecule has 0 saturated carbocycles. The number of aromatic nitrogens is 2. The molecule has 3 amide bonds. The van der Waals surface area contributed by atoms with Crippen molar-refractivity contribution in [2.75, 3.05) is 34.8 Å². The first-order valence-corrected chi connectivity index (χ1v) is 9.23. The van der Waals surface area contributed by atoms with E-state index >= 15 is 0 Å². The average molecular weight is 366 g/mol. The lowest BCUT2D eigenvalue weighted by molar-refractivity contribution is 0.0948. The second-order valence-electron chi connectivity index (χ2n) is 6.70. The molecule has 0 spiro atoms. The van der Waals surface area contributed by atoms with E-state index in [9.17, 15) is 9.59 Å². The van der Waals surface area contributed by atoms with Crippen molar-refractivity contribution in [2.45, 2.75) is 25.8 Å². The zero-order valence-electron chi connectivity index (χ0n) is 15.2. The number of nitrogens with zero attached hydrogens (tertiary/aromatic N) is 4. The van der Waals surface area contributed by atoms with Crippen LogP contribution in [0.15, 0.2) is 36.5 Å². The van der Waals surface area contributed by atoms with Crippen LogP contribution in [-0.4, -0.2) is 47.6 Å². The second-order valence-corrected chi connectivity index (χ2v) is 6.70. The highest BCUT2D eigenvalue weighted by Gasteiger charge is 2.40. The Bertz CT molecular complexity index is 857. The van der Waals surface area contributed by atoms with Gasteiger partial charge in [0, 0.05) is 25.8 Å². The fourth-order valence-electron chi connectivity index (χ4n) is 3.53. The van der Waals surface area contributed by atoms with Crippen LogP contribution in [0.5, 0.6) is 0 Å². The molecule has 4 rings (SSSR count). The van der Waals surface area contributed by atoms with Crippen molar-refractivity contribution >= 4 is 29.3 Å². The molecule has 2 aromatic heterocycles. The van der Waals surface area contributed by atoms with Crippen molar-refractivity contribution in [2.24, 2.45) is 0 Å². The summed E-state index contributed by atoms with van der Waals surface area (Å²) in [4.78, 5) is 37.9. The summed E-state index contributed by atoms with van der Waals surface area (Å²) in [6.45, 7) is 4.23. The second kappa shape index (κ2) is 7.22. The molecule has 2 aliphatic heterocycles. The molecular weight excluding hydrogens is 344 g/mol. The number of rotatable bonds is 4. The number of amides is 3. The first-order chi connectivity index (χ1) is 13.2. The highest BCUT2D eigenvalue weighted by Crippen LogP contribution is 2.39. The van der Waals surface area contributed by atoms with Crippen molar-refractivity contribution in [3.05, 3.63) is 42.2 Å². The number of hydrogen-bond donors (Lipinski definition) is 2. The minimum atomic E-state index is -0.278.